The van der Waals surface area contributed by atoms with E-state index in [9.17, 15) is 14.7 Å². The Balaban J connectivity index is 1.60. The predicted octanol–water partition coefficient (Wildman–Crippen LogP) is 2.86. The van der Waals surface area contributed by atoms with Crippen molar-refractivity contribution in [1.29, 1.82) is 0 Å². The highest BCUT2D eigenvalue weighted by molar-refractivity contribution is 6.04. The van der Waals surface area contributed by atoms with E-state index < -0.39 is 5.60 Å². The van der Waals surface area contributed by atoms with Crippen LogP contribution in [0.25, 0.3) is 0 Å². The molecule has 1 aromatic rings. The summed E-state index contributed by atoms with van der Waals surface area (Å²) in [6, 6.07) is 0. The minimum atomic E-state index is -0.627. The molecular weight excluding hydrogens is 316 g/mol. The maximum absolute atomic E-state index is 13.1. The second kappa shape index (κ2) is 5.97. The van der Waals surface area contributed by atoms with Crippen LogP contribution in [0.4, 0.5) is 0 Å². The number of aliphatic hydroxyl groups is 1. The monoisotopic (exact) mass is 344 g/mol. The molecule has 2 heterocycles. The summed E-state index contributed by atoms with van der Waals surface area (Å²) in [5.41, 5.74) is 2.44. The van der Waals surface area contributed by atoms with E-state index in [1.165, 1.54) is 0 Å². The number of Topliss-reactive ketones (excluding diaryl/α,β-unsaturated/α-hetero) is 1. The number of nitrogens with one attached hydrogen (secondary N) is 1. The quantitative estimate of drug-likeness (QED) is 0.866. The van der Waals surface area contributed by atoms with E-state index in [2.05, 4.69) is 4.98 Å². The van der Waals surface area contributed by atoms with Crippen molar-refractivity contribution in [3.05, 3.63) is 22.5 Å². The number of H-pyrrole nitrogens is 1. The summed E-state index contributed by atoms with van der Waals surface area (Å²) in [7, 11) is 0. The van der Waals surface area contributed by atoms with Gasteiger partial charge in [0.2, 0.25) is 0 Å². The summed E-state index contributed by atoms with van der Waals surface area (Å²) in [6.45, 7) is 5.28. The van der Waals surface area contributed by atoms with Crippen molar-refractivity contribution in [2.75, 3.05) is 13.1 Å². The van der Waals surface area contributed by atoms with E-state index in [4.69, 9.17) is 0 Å². The van der Waals surface area contributed by atoms with Crippen LogP contribution in [-0.4, -0.2) is 45.4 Å². The van der Waals surface area contributed by atoms with Gasteiger partial charge in [-0.3, -0.25) is 9.59 Å². The molecule has 1 aliphatic heterocycles. The molecular formula is C20H28N2O3. The van der Waals surface area contributed by atoms with Gasteiger partial charge in [0.15, 0.2) is 5.78 Å². The standard InChI is InChI=1S/C20H28N2O3/c1-3-20(25)9-5-6-13-10-22(11-14(13)20)19(24)18-12(2)17-15(21-18)7-4-8-16(17)23/h13-14,21,25H,3-11H2,1-2H3/t13-,14+,20-/m0/s1. The zero-order valence-corrected chi connectivity index (χ0v) is 15.2. The third-order valence-corrected chi connectivity index (χ3v) is 6.87. The Morgan fingerprint density at radius 2 is 2.12 bits per heavy atom. The number of carbonyl (C=O) groups is 2. The molecule has 3 aliphatic rings. The van der Waals surface area contributed by atoms with Gasteiger partial charge in [0.05, 0.1) is 5.60 Å². The summed E-state index contributed by atoms with van der Waals surface area (Å²) in [4.78, 5) is 30.5. The summed E-state index contributed by atoms with van der Waals surface area (Å²) in [5.74, 6) is 0.730. The number of aryl methyl sites for hydroxylation is 1. The fourth-order valence-electron chi connectivity index (χ4n) is 5.38. The van der Waals surface area contributed by atoms with E-state index in [1.54, 1.807) is 0 Å². The summed E-state index contributed by atoms with van der Waals surface area (Å²) < 4.78 is 0. The lowest BCUT2D eigenvalue weighted by Crippen LogP contribution is -2.44. The number of carbonyl (C=O) groups excluding carboxylic acids is 2. The van der Waals surface area contributed by atoms with Crippen molar-refractivity contribution in [3.8, 4) is 0 Å². The van der Waals surface area contributed by atoms with Crippen LogP contribution < -0.4 is 0 Å². The van der Waals surface area contributed by atoms with Gasteiger partial charge in [0, 0.05) is 36.7 Å². The van der Waals surface area contributed by atoms with Gasteiger partial charge >= 0.3 is 0 Å². The van der Waals surface area contributed by atoms with E-state index in [-0.39, 0.29) is 17.6 Å². The molecule has 5 nitrogen and oxygen atoms in total. The number of aromatic amines is 1. The topological polar surface area (TPSA) is 73.4 Å². The van der Waals surface area contributed by atoms with Crippen molar-refractivity contribution in [3.63, 3.8) is 0 Å². The number of rotatable bonds is 2. The van der Waals surface area contributed by atoms with E-state index >= 15 is 0 Å². The molecule has 1 saturated heterocycles. The van der Waals surface area contributed by atoms with Crippen LogP contribution in [-0.2, 0) is 6.42 Å². The molecule has 2 N–H and O–H groups in total. The van der Waals surface area contributed by atoms with Gasteiger partial charge in [-0.2, -0.15) is 0 Å². The van der Waals surface area contributed by atoms with E-state index in [0.717, 1.165) is 61.9 Å². The zero-order chi connectivity index (χ0) is 17.8. The fourth-order valence-corrected chi connectivity index (χ4v) is 5.38. The van der Waals surface area contributed by atoms with Gasteiger partial charge < -0.3 is 15.0 Å². The Bertz CT molecular complexity index is 723. The van der Waals surface area contributed by atoms with Crippen molar-refractivity contribution in [1.82, 2.24) is 9.88 Å². The van der Waals surface area contributed by atoms with Crippen molar-refractivity contribution >= 4 is 11.7 Å². The predicted molar refractivity (Wildman–Crippen MR) is 94.8 cm³/mol. The second-order valence-corrected chi connectivity index (χ2v) is 8.18. The maximum Gasteiger partial charge on any atom is 0.270 e. The number of hydrogen-bond donors (Lipinski definition) is 2. The molecule has 2 aliphatic carbocycles. The maximum atomic E-state index is 13.1. The number of aromatic nitrogens is 1. The highest BCUT2D eigenvalue weighted by Crippen LogP contribution is 2.44. The molecule has 0 spiro atoms. The van der Waals surface area contributed by atoms with Crippen LogP contribution in [0.2, 0.25) is 0 Å². The molecule has 1 saturated carbocycles. The van der Waals surface area contributed by atoms with E-state index in [0.29, 0.717) is 24.6 Å². The van der Waals surface area contributed by atoms with Gasteiger partial charge in [-0.1, -0.05) is 13.3 Å². The van der Waals surface area contributed by atoms with Gasteiger partial charge in [-0.25, -0.2) is 0 Å². The molecule has 1 amide bonds. The smallest absolute Gasteiger partial charge is 0.270 e. The minimum Gasteiger partial charge on any atom is -0.390 e. The zero-order valence-electron chi connectivity index (χ0n) is 15.2. The fraction of sp³-hybridized carbons (Fsp3) is 0.700. The summed E-state index contributed by atoms with van der Waals surface area (Å²) in [5, 5.41) is 11.0. The van der Waals surface area contributed by atoms with Gasteiger partial charge in [0.25, 0.3) is 5.91 Å². The highest BCUT2D eigenvalue weighted by atomic mass is 16.3. The van der Waals surface area contributed by atoms with Crippen molar-refractivity contribution in [2.45, 2.75) is 64.4 Å². The molecule has 136 valence electrons. The molecule has 0 bridgehead atoms. The highest BCUT2D eigenvalue weighted by Gasteiger charge is 2.49. The number of likely N-dealkylation sites (tertiary alicyclic amines) is 1. The Hall–Kier alpha value is -1.62. The van der Waals surface area contributed by atoms with Gasteiger partial charge in [-0.15, -0.1) is 0 Å². The average molecular weight is 344 g/mol. The van der Waals surface area contributed by atoms with Crippen LogP contribution >= 0.6 is 0 Å². The van der Waals surface area contributed by atoms with Crippen LogP contribution in [0.15, 0.2) is 0 Å². The van der Waals surface area contributed by atoms with Gasteiger partial charge in [0.1, 0.15) is 5.69 Å². The molecule has 25 heavy (non-hydrogen) atoms. The summed E-state index contributed by atoms with van der Waals surface area (Å²) >= 11 is 0. The third-order valence-electron chi connectivity index (χ3n) is 6.87. The molecule has 1 aromatic heterocycles. The number of nitrogens with zero attached hydrogens (tertiary/aromatic N) is 1. The summed E-state index contributed by atoms with van der Waals surface area (Å²) in [6.07, 6.45) is 6.01. The third kappa shape index (κ3) is 2.55. The minimum absolute atomic E-state index is 0.00690. The van der Waals surface area contributed by atoms with Crippen LogP contribution in [0.1, 0.15) is 77.6 Å². The normalized spacial score (nSPS) is 31.8. The first kappa shape index (κ1) is 16.8. The first-order chi connectivity index (χ1) is 11.9. The van der Waals surface area contributed by atoms with Crippen molar-refractivity contribution < 1.29 is 14.7 Å². The lowest BCUT2D eigenvalue weighted by Gasteiger charge is -2.40. The Labute approximate surface area is 148 Å². The molecule has 5 heteroatoms. The average Bonchev–Trinajstić information content (AvgIpc) is 3.18. The first-order valence-electron chi connectivity index (χ1n) is 9.71. The molecule has 0 radical (unpaired) electrons. The molecule has 4 rings (SSSR count). The Morgan fingerprint density at radius 1 is 1.32 bits per heavy atom. The van der Waals surface area contributed by atoms with Crippen LogP contribution in [0, 0.1) is 18.8 Å². The lowest BCUT2D eigenvalue weighted by atomic mass is 9.69. The lowest BCUT2D eigenvalue weighted by molar-refractivity contribution is -0.0609. The number of fused-ring (bicyclic) bond motifs is 2. The van der Waals surface area contributed by atoms with Gasteiger partial charge in [-0.05, 0) is 50.5 Å². The molecule has 0 unspecified atom stereocenters. The number of ketones is 1. The SMILES string of the molecule is CC[C@]1(O)CCC[C@H]2CN(C(=O)c3[nH]c4c(c3C)C(=O)CCC4)C[C@H]21. The number of hydrogen-bond acceptors (Lipinski definition) is 3. The largest absolute Gasteiger partial charge is 0.390 e. The molecule has 3 atom stereocenters. The van der Waals surface area contributed by atoms with Crippen LogP contribution in [0.5, 0.6) is 0 Å². The molecule has 0 aromatic carbocycles. The Kier molecular flexibility index (Phi) is 4.02. The Morgan fingerprint density at radius 3 is 2.84 bits per heavy atom. The number of amides is 1. The van der Waals surface area contributed by atoms with Crippen LogP contribution in [0.3, 0.4) is 0 Å². The second-order valence-electron chi connectivity index (χ2n) is 8.18. The molecule has 2 fully saturated rings. The van der Waals surface area contributed by atoms with E-state index in [1.807, 2.05) is 18.7 Å². The first-order valence-corrected chi connectivity index (χ1v) is 9.71. The van der Waals surface area contributed by atoms with Crippen molar-refractivity contribution in [2.24, 2.45) is 11.8 Å².